The minimum Gasteiger partial charge on any atom is -0.493 e. The number of nitrogens with zero attached hydrogens (tertiary/aromatic N) is 3. The first-order chi connectivity index (χ1) is 13.1. The lowest BCUT2D eigenvalue weighted by Crippen LogP contribution is -2.01. The Labute approximate surface area is 168 Å². The molecule has 1 heterocycles. The molecule has 0 radical (unpaired) electrons. The van der Waals surface area contributed by atoms with Crippen molar-refractivity contribution in [2.24, 2.45) is 0 Å². The van der Waals surface area contributed by atoms with Crippen LogP contribution in [0.2, 0.25) is 10.0 Å². The van der Waals surface area contributed by atoms with E-state index in [0.29, 0.717) is 33.8 Å². The summed E-state index contributed by atoms with van der Waals surface area (Å²) in [6.45, 7) is 4.50. The Hall–Kier alpha value is -2.50. The third kappa shape index (κ3) is 5.02. The van der Waals surface area contributed by atoms with E-state index in [9.17, 15) is 0 Å². The van der Waals surface area contributed by atoms with Crippen molar-refractivity contribution in [1.82, 2.24) is 15.0 Å². The Morgan fingerprint density at radius 1 is 1.15 bits per heavy atom. The lowest BCUT2D eigenvalue weighted by molar-refractivity contribution is 0.280. The zero-order chi connectivity index (χ0) is 19.2. The molecule has 7 heteroatoms. The van der Waals surface area contributed by atoms with Crippen molar-refractivity contribution in [1.29, 1.82) is 0 Å². The predicted molar refractivity (Wildman–Crippen MR) is 107 cm³/mol. The van der Waals surface area contributed by atoms with Crippen LogP contribution in [-0.4, -0.2) is 22.1 Å². The molecule has 0 amide bonds. The number of allylic oxidation sites excluding steroid dienone is 1. The van der Waals surface area contributed by atoms with E-state index in [-0.39, 0.29) is 6.61 Å². The van der Waals surface area contributed by atoms with Gasteiger partial charge in [0, 0.05) is 10.0 Å². The molecule has 0 aliphatic rings. The minimum atomic E-state index is 0.278. The summed E-state index contributed by atoms with van der Waals surface area (Å²) in [4.78, 5) is 0. The smallest absolute Gasteiger partial charge is 0.161 e. The Kier molecular flexibility index (Phi) is 6.37. The van der Waals surface area contributed by atoms with Crippen LogP contribution in [0.15, 0.2) is 55.3 Å². The highest BCUT2D eigenvalue weighted by atomic mass is 35.5. The number of rotatable bonds is 8. The zero-order valence-corrected chi connectivity index (χ0v) is 16.4. The molecule has 0 aliphatic heterocycles. The van der Waals surface area contributed by atoms with Gasteiger partial charge in [-0.05, 0) is 47.9 Å². The predicted octanol–water partition coefficient (Wildman–Crippen LogP) is 4.95. The third-order valence-electron chi connectivity index (χ3n) is 3.91. The molecule has 0 bridgehead atoms. The first-order valence-corrected chi connectivity index (χ1v) is 9.08. The summed E-state index contributed by atoms with van der Waals surface area (Å²) in [7, 11) is 1.62. The normalized spacial score (nSPS) is 10.6. The van der Waals surface area contributed by atoms with E-state index in [1.165, 1.54) is 0 Å². The summed E-state index contributed by atoms with van der Waals surface area (Å²) in [5.74, 6) is 1.32. The highest BCUT2D eigenvalue weighted by Crippen LogP contribution is 2.29. The Balaban J connectivity index is 1.66. The Morgan fingerprint density at radius 3 is 2.78 bits per heavy atom. The van der Waals surface area contributed by atoms with Crippen LogP contribution in [0.1, 0.15) is 16.8 Å². The molecule has 1 aromatic heterocycles. The number of hydrogen-bond acceptors (Lipinski definition) is 4. The summed E-state index contributed by atoms with van der Waals surface area (Å²) in [5, 5.41) is 9.52. The zero-order valence-electron chi connectivity index (χ0n) is 14.9. The maximum atomic E-state index is 6.20. The van der Waals surface area contributed by atoms with Crippen LogP contribution in [-0.2, 0) is 19.6 Å². The fraction of sp³-hybridized carbons (Fsp3) is 0.200. The molecule has 0 saturated heterocycles. The van der Waals surface area contributed by atoms with Crippen LogP contribution < -0.4 is 9.47 Å². The molecular formula is C20H19Cl2N3O2. The molecule has 140 valence electrons. The van der Waals surface area contributed by atoms with Gasteiger partial charge >= 0.3 is 0 Å². The van der Waals surface area contributed by atoms with Gasteiger partial charge in [-0.3, -0.25) is 0 Å². The molecule has 0 N–H and O–H groups in total. The van der Waals surface area contributed by atoms with Gasteiger partial charge in [0.25, 0.3) is 0 Å². The van der Waals surface area contributed by atoms with Crippen LogP contribution in [0.25, 0.3) is 0 Å². The van der Waals surface area contributed by atoms with E-state index in [0.717, 1.165) is 17.5 Å². The maximum Gasteiger partial charge on any atom is 0.161 e. The molecule has 0 unspecified atom stereocenters. The van der Waals surface area contributed by atoms with Crippen LogP contribution >= 0.6 is 23.2 Å². The number of hydrogen-bond donors (Lipinski definition) is 0. The maximum absolute atomic E-state index is 6.20. The van der Waals surface area contributed by atoms with Gasteiger partial charge in [0.15, 0.2) is 11.5 Å². The molecule has 0 atom stereocenters. The van der Waals surface area contributed by atoms with Gasteiger partial charge in [0.1, 0.15) is 12.3 Å². The first-order valence-electron chi connectivity index (χ1n) is 8.32. The molecule has 3 rings (SSSR count). The van der Waals surface area contributed by atoms with Crippen molar-refractivity contribution in [2.75, 3.05) is 7.11 Å². The number of benzene rings is 2. The van der Waals surface area contributed by atoms with Crippen LogP contribution in [0, 0.1) is 0 Å². The monoisotopic (exact) mass is 403 g/mol. The van der Waals surface area contributed by atoms with E-state index in [2.05, 4.69) is 16.9 Å². The van der Waals surface area contributed by atoms with Crippen molar-refractivity contribution in [2.45, 2.75) is 19.6 Å². The van der Waals surface area contributed by atoms with Crippen molar-refractivity contribution in [3.8, 4) is 11.5 Å². The van der Waals surface area contributed by atoms with Crippen LogP contribution in [0.3, 0.4) is 0 Å². The third-order valence-corrected chi connectivity index (χ3v) is 4.51. The van der Waals surface area contributed by atoms with Gasteiger partial charge in [-0.15, -0.1) is 11.7 Å². The second-order valence-corrected chi connectivity index (χ2v) is 6.75. The summed E-state index contributed by atoms with van der Waals surface area (Å²) >= 11 is 12.2. The summed E-state index contributed by atoms with van der Waals surface area (Å²) in [6, 6.07) is 11.1. The molecule has 2 aromatic carbocycles. The Morgan fingerprint density at radius 2 is 2.00 bits per heavy atom. The van der Waals surface area contributed by atoms with Crippen LogP contribution in [0.4, 0.5) is 0 Å². The SMILES string of the molecule is C=CCc1ccc(OCc2cn(Cc3cc(Cl)ccc3Cl)nn2)c(OC)c1. The van der Waals surface area contributed by atoms with Gasteiger partial charge in [-0.2, -0.15) is 0 Å². The molecular weight excluding hydrogens is 385 g/mol. The topological polar surface area (TPSA) is 49.2 Å². The van der Waals surface area contributed by atoms with Crippen molar-refractivity contribution in [3.63, 3.8) is 0 Å². The van der Waals surface area contributed by atoms with Crippen molar-refractivity contribution >= 4 is 23.2 Å². The molecule has 27 heavy (non-hydrogen) atoms. The van der Waals surface area contributed by atoms with E-state index >= 15 is 0 Å². The van der Waals surface area contributed by atoms with E-state index in [1.54, 1.807) is 23.9 Å². The standard InChI is InChI=1S/C20H19Cl2N3O2/c1-3-4-14-5-8-19(20(9-14)26-2)27-13-17-12-25(24-23-17)11-15-10-16(21)6-7-18(15)22/h3,5-10,12H,1,4,11,13H2,2H3. The van der Waals surface area contributed by atoms with Gasteiger partial charge in [0.05, 0.1) is 19.9 Å². The van der Waals surface area contributed by atoms with Crippen LogP contribution in [0.5, 0.6) is 11.5 Å². The average Bonchev–Trinajstić information content (AvgIpc) is 3.11. The number of aromatic nitrogens is 3. The second kappa shape index (κ2) is 8.93. The fourth-order valence-corrected chi connectivity index (χ4v) is 2.97. The number of halogens is 2. The minimum absolute atomic E-state index is 0.278. The highest BCUT2D eigenvalue weighted by Gasteiger charge is 2.09. The molecule has 3 aromatic rings. The molecule has 0 fully saturated rings. The molecule has 5 nitrogen and oxygen atoms in total. The largest absolute Gasteiger partial charge is 0.493 e. The quantitative estimate of drug-likeness (QED) is 0.499. The van der Waals surface area contributed by atoms with E-state index < -0.39 is 0 Å². The van der Waals surface area contributed by atoms with Gasteiger partial charge in [-0.1, -0.05) is 40.6 Å². The average molecular weight is 404 g/mol. The van der Waals surface area contributed by atoms with Gasteiger partial charge in [0.2, 0.25) is 0 Å². The van der Waals surface area contributed by atoms with Crippen molar-refractivity contribution < 1.29 is 9.47 Å². The molecule has 0 spiro atoms. The first kappa shape index (κ1) is 19.3. The molecule has 0 aliphatic carbocycles. The summed E-state index contributed by atoms with van der Waals surface area (Å²) < 4.78 is 12.9. The van der Waals surface area contributed by atoms with E-state index in [4.69, 9.17) is 32.7 Å². The Bertz CT molecular complexity index is 941. The number of methoxy groups -OCH3 is 1. The van der Waals surface area contributed by atoms with Crippen molar-refractivity contribution in [3.05, 3.63) is 82.1 Å². The summed E-state index contributed by atoms with van der Waals surface area (Å²) in [5.41, 5.74) is 2.69. The summed E-state index contributed by atoms with van der Waals surface area (Å²) in [6.07, 6.45) is 4.44. The highest BCUT2D eigenvalue weighted by molar-refractivity contribution is 6.33. The lowest BCUT2D eigenvalue weighted by Gasteiger charge is -2.10. The molecule has 0 saturated carbocycles. The van der Waals surface area contributed by atoms with Gasteiger partial charge in [-0.25, -0.2) is 4.68 Å². The lowest BCUT2D eigenvalue weighted by atomic mass is 10.1. The number of ether oxygens (including phenoxy) is 2. The second-order valence-electron chi connectivity index (χ2n) is 5.91. The van der Waals surface area contributed by atoms with E-state index in [1.807, 2.05) is 36.5 Å². The fourth-order valence-electron chi connectivity index (χ4n) is 2.60. The van der Waals surface area contributed by atoms with Gasteiger partial charge < -0.3 is 9.47 Å².